The van der Waals surface area contributed by atoms with Gasteiger partial charge in [0, 0.05) is 0 Å². The number of hydrogen-bond acceptors (Lipinski definition) is 2. The van der Waals surface area contributed by atoms with Crippen molar-refractivity contribution in [2.45, 2.75) is 6.42 Å². The van der Waals surface area contributed by atoms with Crippen LogP contribution in [0.5, 0.6) is 0 Å². The van der Waals surface area contributed by atoms with Gasteiger partial charge in [0.05, 0.1) is 15.7 Å². The average molecular weight is 223 g/mol. The quantitative estimate of drug-likeness (QED) is 0.561. The average Bonchev–Trinajstić information content (AvgIpc) is 2.78. The Balaban J connectivity index is 2.36. The van der Waals surface area contributed by atoms with E-state index < -0.39 is 0 Å². The van der Waals surface area contributed by atoms with Gasteiger partial charge in [-0.15, -0.1) is 11.3 Å². The standard InChI is InChI=1S/C14H9NS/c1-3-9-4-2-6-11-13(9)10(5-1)7-12-14(11)15-8-16-12/h1-5,7-8H,6H2. The number of thiazole rings is 1. The molecule has 0 fully saturated rings. The zero-order chi connectivity index (χ0) is 10.5. The summed E-state index contributed by atoms with van der Waals surface area (Å²) in [6.07, 6.45) is 5.46. The molecule has 0 unspecified atom stereocenters. The molecule has 16 heavy (non-hydrogen) atoms. The molecule has 0 amide bonds. The Morgan fingerprint density at radius 3 is 3.25 bits per heavy atom. The maximum absolute atomic E-state index is 4.50. The lowest BCUT2D eigenvalue weighted by atomic mass is 9.92. The molecule has 1 aliphatic carbocycles. The molecule has 1 aliphatic rings. The zero-order valence-corrected chi connectivity index (χ0v) is 9.42. The van der Waals surface area contributed by atoms with Crippen molar-refractivity contribution in [2.75, 3.05) is 0 Å². The predicted octanol–water partition coefficient (Wildman–Crippen LogP) is 4.02. The summed E-state index contributed by atoms with van der Waals surface area (Å²) in [6.45, 7) is 0. The summed E-state index contributed by atoms with van der Waals surface area (Å²) in [5.74, 6) is 0. The Hall–Kier alpha value is -1.67. The second kappa shape index (κ2) is 2.92. The van der Waals surface area contributed by atoms with Crippen LogP contribution < -0.4 is 0 Å². The van der Waals surface area contributed by atoms with E-state index in [0.717, 1.165) is 6.42 Å². The van der Waals surface area contributed by atoms with E-state index >= 15 is 0 Å². The minimum atomic E-state index is 1.01. The lowest BCUT2D eigenvalue weighted by Gasteiger charge is -2.12. The molecule has 1 aromatic heterocycles. The summed E-state index contributed by atoms with van der Waals surface area (Å²) in [4.78, 5) is 4.50. The molecule has 76 valence electrons. The van der Waals surface area contributed by atoms with E-state index in [0.29, 0.717) is 0 Å². The summed E-state index contributed by atoms with van der Waals surface area (Å²) in [7, 11) is 0. The Labute approximate surface area is 97.1 Å². The van der Waals surface area contributed by atoms with E-state index in [2.05, 4.69) is 41.4 Å². The van der Waals surface area contributed by atoms with Crippen molar-refractivity contribution in [3.8, 4) is 0 Å². The normalized spacial score (nSPS) is 13.8. The summed E-state index contributed by atoms with van der Waals surface area (Å²) in [6, 6.07) is 8.76. The van der Waals surface area contributed by atoms with Crippen molar-refractivity contribution in [1.82, 2.24) is 4.98 Å². The smallest absolute Gasteiger partial charge is 0.0853 e. The third kappa shape index (κ3) is 0.973. The number of nitrogens with zero attached hydrogens (tertiary/aromatic N) is 1. The summed E-state index contributed by atoms with van der Waals surface area (Å²) >= 11 is 1.73. The largest absolute Gasteiger partial charge is 0.244 e. The second-order valence-electron chi connectivity index (χ2n) is 4.11. The minimum absolute atomic E-state index is 1.01. The maximum atomic E-state index is 4.50. The van der Waals surface area contributed by atoms with E-state index in [9.17, 15) is 0 Å². The van der Waals surface area contributed by atoms with Crippen LogP contribution in [0.3, 0.4) is 0 Å². The fourth-order valence-electron chi connectivity index (χ4n) is 2.54. The van der Waals surface area contributed by atoms with Gasteiger partial charge in [0.15, 0.2) is 0 Å². The van der Waals surface area contributed by atoms with E-state index in [1.807, 2.05) is 5.51 Å². The van der Waals surface area contributed by atoms with E-state index in [1.54, 1.807) is 11.3 Å². The van der Waals surface area contributed by atoms with Gasteiger partial charge >= 0.3 is 0 Å². The van der Waals surface area contributed by atoms with Gasteiger partial charge in [-0.1, -0.05) is 30.4 Å². The Kier molecular flexibility index (Phi) is 1.55. The molecule has 0 atom stereocenters. The molecule has 0 saturated heterocycles. The number of hydrogen-bond donors (Lipinski definition) is 0. The highest BCUT2D eigenvalue weighted by molar-refractivity contribution is 7.16. The van der Waals surface area contributed by atoms with Gasteiger partial charge in [0.25, 0.3) is 0 Å². The minimum Gasteiger partial charge on any atom is -0.244 e. The van der Waals surface area contributed by atoms with Crippen LogP contribution in [0, 0.1) is 0 Å². The van der Waals surface area contributed by atoms with E-state index in [-0.39, 0.29) is 0 Å². The maximum Gasteiger partial charge on any atom is 0.0853 e. The van der Waals surface area contributed by atoms with Crippen LogP contribution in [0.1, 0.15) is 11.1 Å². The number of fused-ring (bicyclic) bond motifs is 2. The van der Waals surface area contributed by atoms with Crippen LogP contribution in [0.2, 0.25) is 0 Å². The topological polar surface area (TPSA) is 12.9 Å². The molecule has 3 aromatic rings. The van der Waals surface area contributed by atoms with Crippen LogP contribution in [0.15, 0.2) is 35.9 Å². The van der Waals surface area contributed by atoms with Crippen molar-refractivity contribution in [3.05, 3.63) is 47.0 Å². The molecule has 0 aliphatic heterocycles. The first-order valence-electron chi connectivity index (χ1n) is 5.38. The van der Waals surface area contributed by atoms with E-state index in [1.165, 1.54) is 32.1 Å². The fourth-order valence-corrected chi connectivity index (χ4v) is 3.30. The van der Waals surface area contributed by atoms with Crippen molar-refractivity contribution in [3.63, 3.8) is 0 Å². The molecular weight excluding hydrogens is 214 g/mol. The third-order valence-electron chi connectivity index (χ3n) is 3.22. The zero-order valence-electron chi connectivity index (χ0n) is 8.60. The fraction of sp³-hybridized carbons (Fsp3) is 0.0714. The first-order chi connectivity index (χ1) is 7.93. The van der Waals surface area contributed by atoms with Crippen molar-refractivity contribution in [2.24, 2.45) is 0 Å². The lowest BCUT2D eigenvalue weighted by molar-refractivity contribution is 1.29. The number of aromatic nitrogens is 1. The van der Waals surface area contributed by atoms with Crippen LogP contribution in [-0.2, 0) is 6.42 Å². The first-order valence-corrected chi connectivity index (χ1v) is 6.26. The van der Waals surface area contributed by atoms with Crippen LogP contribution in [0.25, 0.3) is 27.1 Å². The van der Waals surface area contributed by atoms with Crippen molar-refractivity contribution >= 4 is 38.4 Å². The van der Waals surface area contributed by atoms with Crippen LogP contribution >= 0.6 is 11.3 Å². The SMILES string of the molecule is C1=Cc2cccc3cc4scnc4c(c23)C1. The third-order valence-corrected chi connectivity index (χ3v) is 3.99. The second-order valence-corrected chi connectivity index (χ2v) is 4.99. The summed E-state index contributed by atoms with van der Waals surface area (Å²) in [5, 5.41) is 2.73. The Bertz CT molecular complexity index is 737. The van der Waals surface area contributed by atoms with Gasteiger partial charge in [0.1, 0.15) is 0 Å². The van der Waals surface area contributed by atoms with Gasteiger partial charge in [-0.2, -0.15) is 0 Å². The monoisotopic (exact) mass is 223 g/mol. The molecule has 1 nitrogen and oxygen atoms in total. The summed E-state index contributed by atoms with van der Waals surface area (Å²) < 4.78 is 1.30. The van der Waals surface area contributed by atoms with Gasteiger partial charge < -0.3 is 0 Å². The summed E-state index contributed by atoms with van der Waals surface area (Å²) in [5.41, 5.74) is 5.85. The van der Waals surface area contributed by atoms with Gasteiger partial charge in [-0.3, -0.25) is 0 Å². The molecule has 0 spiro atoms. The lowest BCUT2D eigenvalue weighted by Crippen LogP contribution is -1.94. The molecule has 0 bridgehead atoms. The van der Waals surface area contributed by atoms with Crippen molar-refractivity contribution < 1.29 is 0 Å². The molecule has 0 saturated carbocycles. The van der Waals surface area contributed by atoms with E-state index in [4.69, 9.17) is 0 Å². The molecule has 1 heterocycles. The highest BCUT2D eigenvalue weighted by Crippen LogP contribution is 2.35. The highest BCUT2D eigenvalue weighted by Gasteiger charge is 2.13. The number of benzene rings is 2. The first kappa shape index (κ1) is 8.48. The Morgan fingerprint density at radius 2 is 2.25 bits per heavy atom. The molecular formula is C14H9NS. The number of rotatable bonds is 0. The molecule has 2 aromatic carbocycles. The van der Waals surface area contributed by atoms with Crippen molar-refractivity contribution in [1.29, 1.82) is 0 Å². The molecule has 0 N–H and O–H groups in total. The number of allylic oxidation sites excluding steroid dienone is 1. The molecule has 4 rings (SSSR count). The molecule has 2 heteroatoms. The Morgan fingerprint density at radius 1 is 1.25 bits per heavy atom. The molecule has 0 radical (unpaired) electrons. The van der Waals surface area contributed by atoms with Crippen LogP contribution in [-0.4, -0.2) is 4.98 Å². The van der Waals surface area contributed by atoms with Gasteiger partial charge in [-0.05, 0) is 34.4 Å². The van der Waals surface area contributed by atoms with Gasteiger partial charge in [0.2, 0.25) is 0 Å². The predicted molar refractivity (Wildman–Crippen MR) is 69.9 cm³/mol. The van der Waals surface area contributed by atoms with Gasteiger partial charge in [-0.25, -0.2) is 4.98 Å². The highest BCUT2D eigenvalue weighted by atomic mass is 32.1. The van der Waals surface area contributed by atoms with Crippen LogP contribution in [0.4, 0.5) is 0 Å².